The quantitative estimate of drug-likeness (QED) is 0.868. The minimum Gasteiger partial charge on any atom is -0.496 e. The van der Waals surface area contributed by atoms with Crippen molar-refractivity contribution in [3.8, 4) is 5.75 Å². The van der Waals surface area contributed by atoms with Gasteiger partial charge in [-0.1, -0.05) is 0 Å². The molecule has 1 aromatic rings. The number of carbonyl (C=O) groups excluding carboxylic acids is 2. The van der Waals surface area contributed by atoms with E-state index in [0.29, 0.717) is 19.6 Å². The number of piperidine rings is 1. The standard InChI is InChI=1S/C16H24N4O3/c1-10-7-18-13(11(2)14(10)23-3)8-19-15(21)12-5-4-6-20(9-12)16(17)22/h7,12H,4-6,8-9H2,1-3H3,(H2,17,22)(H,19,21)/t12-/m0/s1. The van der Waals surface area contributed by atoms with Gasteiger partial charge in [0.15, 0.2) is 0 Å². The highest BCUT2D eigenvalue weighted by molar-refractivity contribution is 5.80. The zero-order valence-corrected chi connectivity index (χ0v) is 13.9. The summed E-state index contributed by atoms with van der Waals surface area (Å²) in [5, 5.41) is 2.90. The van der Waals surface area contributed by atoms with Crippen LogP contribution < -0.4 is 15.8 Å². The van der Waals surface area contributed by atoms with Gasteiger partial charge in [-0.25, -0.2) is 4.79 Å². The van der Waals surface area contributed by atoms with Crippen LogP contribution in [0, 0.1) is 19.8 Å². The van der Waals surface area contributed by atoms with Crippen molar-refractivity contribution in [3.63, 3.8) is 0 Å². The van der Waals surface area contributed by atoms with Gasteiger partial charge in [0.2, 0.25) is 5.91 Å². The lowest BCUT2D eigenvalue weighted by Gasteiger charge is -2.30. The molecule has 1 atom stereocenters. The zero-order chi connectivity index (χ0) is 17.0. The number of likely N-dealkylation sites (tertiary alicyclic amines) is 1. The van der Waals surface area contributed by atoms with E-state index in [9.17, 15) is 9.59 Å². The first-order valence-electron chi connectivity index (χ1n) is 7.75. The number of amides is 3. The molecular weight excluding hydrogens is 296 g/mol. The number of aryl methyl sites for hydroxylation is 1. The summed E-state index contributed by atoms with van der Waals surface area (Å²) >= 11 is 0. The molecular formula is C16H24N4O3. The third-order valence-corrected chi connectivity index (χ3v) is 4.28. The molecule has 1 fully saturated rings. The SMILES string of the molecule is COc1c(C)cnc(CNC(=O)[C@H]2CCCN(C(N)=O)C2)c1C. The number of urea groups is 1. The van der Waals surface area contributed by atoms with Gasteiger partial charge in [-0.15, -0.1) is 0 Å². The van der Waals surface area contributed by atoms with E-state index in [1.807, 2.05) is 13.8 Å². The highest BCUT2D eigenvalue weighted by atomic mass is 16.5. The summed E-state index contributed by atoms with van der Waals surface area (Å²) in [4.78, 5) is 29.5. The minimum atomic E-state index is -0.469. The van der Waals surface area contributed by atoms with E-state index in [2.05, 4.69) is 10.3 Å². The first kappa shape index (κ1) is 17.1. The molecule has 7 nitrogen and oxygen atoms in total. The van der Waals surface area contributed by atoms with Crippen molar-refractivity contribution in [2.75, 3.05) is 20.2 Å². The fraction of sp³-hybridized carbons (Fsp3) is 0.562. The summed E-state index contributed by atoms with van der Waals surface area (Å²) in [5.41, 5.74) is 7.96. The number of carbonyl (C=O) groups is 2. The summed E-state index contributed by atoms with van der Waals surface area (Å²) in [7, 11) is 1.62. The van der Waals surface area contributed by atoms with Crippen LogP contribution in [0.3, 0.4) is 0 Å². The molecule has 0 bridgehead atoms. The second-order valence-corrected chi connectivity index (χ2v) is 5.89. The Balaban J connectivity index is 1.98. The lowest BCUT2D eigenvalue weighted by atomic mass is 9.97. The summed E-state index contributed by atoms with van der Waals surface area (Å²) < 4.78 is 5.37. The molecule has 126 valence electrons. The average molecular weight is 320 g/mol. The third-order valence-electron chi connectivity index (χ3n) is 4.28. The lowest BCUT2D eigenvalue weighted by Crippen LogP contribution is -2.47. The monoisotopic (exact) mass is 320 g/mol. The number of hydrogen-bond acceptors (Lipinski definition) is 4. The van der Waals surface area contributed by atoms with Gasteiger partial charge in [-0.2, -0.15) is 0 Å². The van der Waals surface area contributed by atoms with E-state index in [1.165, 1.54) is 4.90 Å². The molecule has 3 amide bonds. The molecule has 3 N–H and O–H groups in total. The van der Waals surface area contributed by atoms with Crippen LogP contribution in [0.5, 0.6) is 5.75 Å². The van der Waals surface area contributed by atoms with Crippen molar-refractivity contribution in [3.05, 3.63) is 23.0 Å². The van der Waals surface area contributed by atoms with E-state index in [4.69, 9.17) is 10.5 Å². The Labute approximate surface area is 136 Å². The van der Waals surface area contributed by atoms with Crippen LogP contribution in [0.15, 0.2) is 6.20 Å². The predicted octanol–water partition coefficient (Wildman–Crippen LogP) is 1.11. The van der Waals surface area contributed by atoms with Gasteiger partial charge in [0.1, 0.15) is 5.75 Å². The van der Waals surface area contributed by atoms with Gasteiger partial charge in [-0.05, 0) is 26.7 Å². The highest BCUT2D eigenvalue weighted by Crippen LogP contribution is 2.24. The Bertz CT molecular complexity index is 603. The van der Waals surface area contributed by atoms with E-state index >= 15 is 0 Å². The smallest absolute Gasteiger partial charge is 0.314 e. The van der Waals surface area contributed by atoms with E-state index in [0.717, 1.165) is 35.4 Å². The van der Waals surface area contributed by atoms with Gasteiger partial charge in [-0.3, -0.25) is 9.78 Å². The molecule has 7 heteroatoms. The Morgan fingerprint density at radius 2 is 2.22 bits per heavy atom. The van der Waals surface area contributed by atoms with E-state index < -0.39 is 6.03 Å². The molecule has 0 aliphatic carbocycles. The third kappa shape index (κ3) is 3.91. The number of primary amides is 1. The van der Waals surface area contributed by atoms with Gasteiger partial charge in [0, 0.05) is 30.4 Å². The summed E-state index contributed by atoms with van der Waals surface area (Å²) in [6, 6.07) is -0.469. The maximum absolute atomic E-state index is 12.3. The highest BCUT2D eigenvalue weighted by Gasteiger charge is 2.27. The number of nitrogens with zero attached hydrogens (tertiary/aromatic N) is 2. The normalized spacial score (nSPS) is 17.7. The first-order chi connectivity index (χ1) is 10.9. The molecule has 0 unspecified atom stereocenters. The van der Waals surface area contributed by atoms with Crippen molar-refractivity contribution >= 4 is 11.9 Å². The van der Waals surface area contributed by atoms with Crippen molar-refractivity contribution in [1.82, 2.24) is 15.2 Å². The van der Waals surface area contributed by atoms with Crippen LogP contribution in [0.1, 0.15) is 29.7 Å². The molecule has 2 rings (SSSR count). The van der Waals surface area contributed by atoms with Gasteiger partial charge < -0.3 is 20.7 Å². The van der Waals surface area contributed by atoms with Crippen LogP contribution in [0.4, 0.5) is 4.79 Å². The predicted molar refractivity (Wildman–Crippen MR) is 86.0 cm³/mol. The molecule has 1 saturated heterocycles. The molecule has 1 aliphatic rings. The number of aromatic nitrogens is 1. The molecule has 23 heavy (non-hydrogen) atoms. The minimum absolute atomic E-state index is 0.0725. The topological polar surface area (TPSA) is 97.6 Å². The molecule has 1 aliphatic heterocycles. The Morgan fingerprint density at radius 3 is 2.87 bits per heavy atom. The number of ether oxygens (including phenoxy) is 1. The van der Waals surface area contributed by atoms with Crippen molar-refractivity contribution in [1.29, 1.82) is 0 Å². The fourth-order valence-electron chi connectivity index (χ4n) is 2.96. The second kappa shape index (κ2) is 7.30. The number of methoxy groups -OCH3 is 1. The number of hydrogen-bond donors (Lipinski definition) is 2. The van der Waals surface area contributed by atoms with Crippen LogP contribution in [-0.2, 0) is 11.3 Å². The first-order valence-corrected chi connectivity index (χ1v) is 7.75. The molecule has 0 radical (unpaired) electrons. The molecule has 0 aromatic carbocycles. The maximum Gasteiger partial charge on any atom is 0.314 e. The zero-order valence-electron chi connectivity index (χ0n) is 13.9. The average Bonchev–Trinajstić information content (AvgIpc) is 2.54. The van der Waals surface area contributed by atoms with Crippen LogP contribution in [0.25, 0.3) is 0 Å². The van der Waals surface area contributed by atoms with E-state index in [1.54, 1.807) is 13.3 Å². The molecule has 0 spiro atoms. The van der Waals surface area contributed by atoms with Crippen molar-refractivity contribution < 1.29 is 14.3 Å². The van der Waals surface area contributed by atoms with Gasteiger partial charge >= 0.3 is 6.03 Å². The summed E-state index contributed by atoms with van der Waals surface area (Å²) in [5.74, 6) is 0.502. The number of pyridine rings is 1. The maximum atomic E-state index is 12.3. The number of nitrogens with one attached hydrogen (secondary N) is 1. The van der Waals surface area contributed by atoms with Gasteiger partial charge in [0.05, 0.1) is 25.3 Å². The van der Waals surface area contributed by atoms with E-state index in [-0.39, 0.29) is 11.8 Å². The summed E-state index contributed by atoms with van der Waals surface area (Å²) in [6.07, 6.45) is 3.29. The molecule has 1 aromatic heterocycles. The van der Waals surface area contributed by atoms with Crippen molar-refractivity contribution in [2.45, 2.75) is 33.2 Å². The van der Waals surface area contributed by atoms with Crippen molar-refractivity contribution in [2.24, 2.45) is 11.7 Å². The summed E-state index contributed by atoms with van der Waals surface area (Å²) in [6.45, 7) is 5.20. The van der Waals surface area contributed by atoms with Crippen LogP contribution in [-0.4, -0.2) is 42.0 Å². The largest absolute Gasteiger partial charge is 0.496 e. The number of nitrogens with two attached hydrogens (primary N) is 1. The second-order valence-electron chi connectivity index (χ2n) is 5.89. The van der Waals surface area contributed by atoms with Crippen LogP contribution >= 0.6 is 0 Å². The Kier molecular flexibility index (Phi) is 5.41. The molecule has 0 saturated carbocycles. The van der Waals surface area contributed by atoms with Gasteiger partial charge in [0.25, 0.3) is 0 Å². The fourth-order valence-corrected chi connectivity index (χ4v) is 2.96. The Morgan fingerprint density at radius 1 is 1.48 bits per heavy atom. The number of rotatable bonds is 4. The van der Waals surface area contributed by atoms with Crippen LogP contribution in [0.2, 0.25) is 0 Å². The Hall–Kier alpha value is -2.31. The lowest BCUT2D eigenvalue weighted by molar-refractivity contribution is -0.126. The molecule has 2 heterocycles.